The molecule has 0 amide bonds. The number of esters is 1. The Morgan fingerprint density at radius 2 is 1.63 bits per heavy atom. The highest BCUT2D eigenvalue weighted by atomic mass is 127. The molecule has 30 heavy (non-hydrogen) atoms. The molecule has 0 aliphatic carbocycles. The first-order valence-electron chi connectivity index (χ1n) is 8.94. The van der Waals surface area contributed by atoms with Gasteiger partial charge in [0.2, 0.25) is 9.84 Å². The van der Waals surface area contributed by atoms with Crippen LogP contribution in [0, 0.1) is 0 Å². The second-order valence-electron chi connectivity index (χ2n) is 6.54. The molecular formula is C22H15IO5S2. The zero-order chi connectivity index (χ0) is 21.5. The highest BCUT2D eigenvalue weighted by molar-refractivity contribution is 14.1. The minimum Gasteiger partial charge on any atom is -0.448 e. The van der Waals surface area contributed by atoms with Gasteiger partial charge in [-0.1, -0.05) is 30.3 Å². The van der Waals surface area contributed by atoms with Gasteiger partial charge in [0, 0.05) is 14.8 Å². The van der Waals surface area contributed by atoms with Crippen LogP contribution in [0.4, 0.5) is 0 Å². The molecule has 1 aromatic heterocycles. The van der Waals surface area contributed by atoms with Crippen LogP contribution in [-0.2, 0) is 14.6 Å². The number of ether oxygens (including phenoxy) is 1. The van der Waals surface area contributed by atoms with E-state index in [1.165, 1.54) is 35.6 Å². The monoisotopic (exact) mass is 550 g/mol. The molecule has 0 aliphatic heterocycles. The standard InChI is InChI=1S/C22H15IO5S2/c1-13(23)28-22(25)17-11-15(30(26,27)14-7-3-2-4-8-14)12-19-20(17)21(24)16-9-5-6-10-18(16)29-19/h2-13H,1H3. The van der Waals surface area contributed by atoms with Gasteiger partial charge >= 0.3 is 5.97 Å². The number of carbonyl (C=O) groups is 1. The summed E-state index contributed by atoms with van der Waals surface area (Å²) in [5.41, 5.74) is -0.367. The van der Waals surface area contributed by atoms with Crippen LogP contribution in [-0.4, -0.2) is 18.5 Å². The van der Waals surface area contributed by atoms with Crippen molar-refractivity contribution in [2.24, 2.45) is 0 Å². The molecule has 4 aromatic rings. The maximum Gasteiger partial charge on any atom is 0.340 e. The molecule has 0 saturated carbocycles. The van der Waals surface area contributed by atoms with Gasteiger partial charge < -0.3 is 4.74 Å². The van der Waals surface area contributed by atoms with Crippen LogP contribution in [0.15, 0.2) is 81.3 Å². The third kappa shape index (κ3) is 3.75. The Labute approximate surface area is 190 Å². The lowest BCUT2D eigenvalue weighted by atomic mass is 10.1. The zero-order valence-corrected chi connectivity index (χ0v) is 19.5. The Morgan fingerprint density at radius 1 is 0.967 bits per heavy atom. The minimum absolute atomic E-state index is 0.0440. The van der Waals surface area contributed by atoms with Crippen molar-refractivity contribution in [2.75, 3.05) is 0 Å². The fraction of sp³-hybridized carbons (Fsp3) is 0.0909. The molecule has 1 heterocycles. The minimum atomic E-state index is -3.89. The van der Waals surface area contributed by atoms with Crippen molar-refractivity contribution in [1.29, 1.82) is 0 Å². The van der Waals surface area contributed by atoms with Crippen molar-refractivity contribution in [1.82, 2.24) is 0 Å². The molecule has 0 N–H and O–H groups in total. The molecule has 152 valence electrons. The third-order valence-corrected chi connectivity index (χ3v) is 7.63. The number of hydrogen-bond donors (Lipinski definition) is 0. The lowest BCUT2D eigenvalue weighted by Crippen LogP contribution is -2.15. The van der Waals surface area contributed by atoms with Gasteiger partial charge in [-0.3, -0.25) is 4.79 Å². The molecule has 3 aromatic carbocycles. The summed E-state index contributed by atoms with van der Waals surface area (Å²) < 4.78 is 32.4. The van der Waals surface area contributed by atoms with E-state index in [0.717, 1.165) is 0 Å². The average Bonchev–Trinajstić information content (AvgIpc) is 2.73. The summed E-state index contributed by atoms with van der Waals surface area (Å²) in [6, 6.07) is 17.7. The van der Waals surface area contributed by atoms with Crippen molar-refractivity contribution in [3.8, 4) is 0 Å². The van der Waals surface area contributed by atoms with Crippen LogP contribution >= 0.6 is 33.9 Å². The quantitative estimate of drug-likeness (QED) is 0.151. The summed E-state index contributed by atoms with van der Waals surface area (Å²) in [6.07, 6.45) is 0. The maximum absolute atomic E-state index is 13.2. The third-order valence-electron chi connectivity index (χ3n) is 4.51. The summed E-state index contributed by atoms with van der Waals surface area (Å²) >= 11 is 3.20. The van der Waals surface area contributed by atoms with Crippen LogP contribution in [0.25, 0.3) is 20.2 Å². The van der Waals surface area contributed by atoms with Gasteiger partial charge in [0.25, 0.3) is 0 Å². The Balaban J connectivity index is 2.08. The predicted octanol–water partition coefficient (Wildman–Crippen LogP) is 5.19. The molecule has 0 aliphatic rings. The van der Waals surface area contributed by atoms with E-state index in [4.69, 9.17) is 4.74 Å². The van der Waals surface area contributed by atoms with E-state index in [1.54, 1.807) is 43.3 Å². The predicted molar refractivity (Wildman–Crippen MR) is 126 cm³/mol. The number of hydrogen-bond acceptors (Lipinski definition) is 6. The van der Waals surface area contributed by atoms with Gasteiger partial charge in [0.05, 0.1) is 20.7 Å². The second kappa shape index (κ2) is 8.09. The van der Waals surface area contributed by atoms with E-state index < -0.39 is 19.9 Å². The van der Waals surface area contributed by atoms with Crippen LogP contribution in [0.3, 0.4) is 0 Å². The van der Waals surface area contributed by atoms with E-state index in [1.807, 2.05) is 28.7 Å². The Kier molecular flexibility index (Phi) is 5.65. The summed E-state index contributed by atoms with van der Waals surface area (Å²) in [7, 11) is -3.89. The van der Waals surface area contributed by atoms with Gasteiger partial charge in [-0.2, -0.15) is 0 Å². The fourth-order valence-electron chi connectivity index (χ4n) is 3.16. The zero-order valence-electron chi connectivity index (χ0n) is 15.7. The highest BCUT2D eigenvalue weighted by Crippen LogP contribution is 2.32. The number of rotatable bonds is 4. The Bertz CT molecular complexity index is 1440. The SMILES string of the molecule is CC(I)OC(=O)c1cc(S(=O)(=O)c2ccccc2)cc2sc3ccccc3c(=O)c12. The molecule has 0 spiro atoms. The van der Waals surface area contributed by atoms with Crippen LogP contribution in [0.2, 0.25) is 0 Å². The van der Waals surface area contributed by atoms with Gasteiger partial charge in [-0.25, -0.2) is 13.2 Å². The van der Waals surface area contributed by atoms with Crippen LogP contribution in [0.1, 0.15) is 17.3 Å². The summed E-state index contributed by atoms with van der Waals surface area (Å²) in [4.78, 5) is 26.0. The lowest BCUT2D eigenvalue weighted by molar-refractivity contribution is 0.0504. The van der Waals surface area contributed by atoms with Gasteiger partial charge in [0.1, 0.15) is 4.11 Å². The van der Waals surface area contributed by atoms with E-state index in [9.17, 15) is 18.0 Å². The van der Waals surface area contributed by atoms with E-state index in [0.29, 0.717) is 14.8 Å². The molecule has 0 fully saturated rings. The summed E-state index contributed by atoms with van der Waals surface area (Å²) in [5.74, 6) is -0.730. The first-order valence-corrected chi connectivity index (χ1v) is 12.5. The van der Waals surface area contributed by atoms with Gasteiger partial charge in [0.15, 0.2) is 5.43 Å². The summed E-state index contributed by atoms with van der Waals surface area (Å²) in [6.45, 7) is 1.68. The second-order valence-corrected chi connectivity index (χ2v) is 11.3. The molecule has 8 heteroatoms. The number of carbonyl (C=O) groups excluding carboxylic acids is 1. The molecular weight excluding hydrogens is 535 g/mol. The van der Waals surface area contributed by atoms with Crippen LogP contribution in [0.5, 0.6) is 0 Å². The van der Waals surface area contributed by atoms with E-state index >= 15 is 0 Å². The van der Waals surface area contributed by atoms with Crippen molar-refractivity contribution >= 4 is 69.9 Å². The normalized spacial score (nSPS) is 12.7. The van der Waals surface area contributed by atoms with Crippen molar-refractivity contribution in [3.05, 3.63) is 82.5 Å². The largest absolute Gasteiger partial charge is 0.448 e. The van der Waals surface area contributed by atoms with Crippen LogP contribution < -0.4 is 5.43 Å². The molecule has 0 saturated heterocycles. The highest BCUT2D eigenvalue weighted by Gasteiger charge is 2.25. The van der Waals surface area contributed by atoms with Gasteiger partial charge in [-0.15, -0.1) is 11.3 Å². The smallest absolute Gasteiger partial charge is 0.340 e. The van der Waals surface area contributed by atoms with Gasteiger partial charge in [-0.05, 0) is 65.9 Å². The number of sulfone groups is 1. The first-order chi connectivity index (χ1) is 14.3. The molecule has 1 unspecified atom stereocenters. The van der Waals surface area contributed by atoms with E-state index in [-0.39, 0.29) is 26.2 Å². The molecule has 0 bridgehead atoms. The Hall–Kier alpha value is -2.30. The number of fused-ring (bicyclic) bond motifs is 2. The number of halogens is 1. The average molecular weight is 550 g/mol. The van der Waals surface area contributed by atoms with Crippen molar-refractivity contribution in [3.63, 3.8) is 0 Å². The topological polar surface area (TPSA) is 77.5 Å². The van der Waals surface area contributed by atoms with E-state index in [2.05, 4.69) is 0 Å². The summed E-state index contributed by atoms with van der Waals surface area (Å²) in [5, 5.41) is 0.651. The molecule has 1 atom stereocenters. The first kappa shape index (κ1) is 21.0. The molecule has 5 nitrogen and oxygen atoms in total. The Morgan fingerprint density at radius 3 is 2.33 bits per heavy atom. The number of benzene rings is 3. The van der Waals surface area contributed by atoms with Crippen molar-refractivity contribution < 1.29 is 17.9 Å². The molecule has 4 rings (SSSR count). The molecule has 0 radical (unpaired) electrons. The fourth-order valence-corrected chi connectivity index (χ4v) is 5.95. The van der Waals surface area contributed by atoms with Crippen molar-refractivity contribution in [2.45, 2.75) is 20.8 Å². The number of alkyl halides is 1. The lowest BCUT2D eigenvalue weighted by Gasteiger charge is -2.12. The maximum atomic E-state index is 13.2.